The molecule has 0 saturated carbocycles. The molecule has 0 spiro atoms. The summed E-state index contributed by atoms with van der Waals surface area (Å²) in [5, 5.41) is 3.60. The van der Waals surface area contributed by atoms with Crippen LogP contribution in [-0.4, -0.2) is 5.91 Å². The molecule has 0 bridgehead atoms. The number of carbonyl (C=O) groups is 1. The van der Waals surface area contributed by atoms with E-state index in [0.29, 0.717) is 21.4 Å². The van der Waals surface area contributed by atoms with Crippen molar-refractivity contribution in [2.45, 2.75) is 13.3 Å². The van der Waals surface area contributed by atoms with Crippen molar-refractivity contribution in [2.24, 2.45) is 0 Å². The van der Waals surface area contributed by atoms with E-state index in [2.05, 4.69) is 5.32 Å². The van der Waals surface area contributed by atoms with Crippen LogP contribution in [0.15, 0.2) is 36.4 Å². The molecule has 0 aliphatic carbocycles. The third kappa shape index (κ3) is 3.24. The summed E-state index contributed by atoms with van der Waals surface area (Å²) in [5.41, 5.74) is 8.46. The Morgan fingerprint density at radius 3 is 2.60 bits per heavy atom. The lowest BCUT2D eigenvalue weighted by atomic mass is 10.1. The number of para-hydroxylation sites is 1. The van der Waals surface area contributed by atoms with Gasteiger partial charge in [0.15, 0.2) is 0 Å². The summed E-state index contributed by atoms with van der Waals surface area (Å²) in [6, 6.07) is 10.7. The Balaban J connectivity index is 2.17. The van der Waals surface area contributed by atoms with Crippen molar-refractivity contribution in [3.63, 3.8) is 0 Å². The molecular formula is C15H14Cl2N2O. The second-order valence-electron chi connectivity index (χ2n) is 4.48. The number of hydrogen-bond donors (Lipinski definition) is 2. The van der Waals surface area contributed by atoms with Gasteiger partial charge in [-0.15, -0.1) is 0 Å². The van der Waals surface area contributed by atoms with Crippen molar-refractivity contribution in [3.8, 4) is 0 Å². The van der Waals surface area contributed by atoms with Gasteiger partial charge in [0.25, 0.3) is 0 Å². The number of halogens is 2. The number of carbonyl (C=O) groups excluding carboxylic acids is 1. The molecule has 0 fully saturated rings. The maximum atomic E-state index is 12.1. The molecule has 0 aromatic heterocycles. The second-order valence-corrected chi connectivity index (χ2v) is 5.26. The van der Waals surface area contributed by atoms with Gasteiger partial charge in [-0.2, -0.15) is 0 Å². The van der Waals surface area contributed by atoms with Crippen LogP contribution < -0.4 is 11.1 Å². The van der Waals surface area contributed by atoms with E-state index in [9.17, 15) is 4.79 Å². The Morgan fingerprint density at radius 2 is 1.90 bits per heavy atom. The molecule has 5 heteroatoms. The predicted molar refractivity (Wildman–Crippen MR) is 84.4 cm³/mol. The molecule has 0 saturated heterocycles. The topological polar surface area (TPSA) is 55.1 Å². The highest BCUT2D eigenvalue weighted by atomic mass is 35.5. The number of benzene rings is 2. The van der Waals surface area contributed by atoms with Crippen LogP contribution in [0.5, 0.6) is 0 Å². The number of hydrogen-bond acceptors (Lipinski definition) is 2. The maximum absolute atomic E-state index is 12.1. The lowest BCUT2D eigenvalue weighted by Crippen LogP contribution is -2.16. The van der Waals surface area contributed by atoms with Crippen molar-refractivity contribution in [1.29, 1.82) is 0 Å². The fourth-order valence-corrected chi connectivity index (χ4v) is 2.29. The highest BCUT2D eigenvalue weighted by Crippen LogP contribution is 2.33. The van der Waals surface area contributed by atoms with Crippen LogP contribution in [0.25, 0.3) is 0 Å². The van der Waals surface area contributed by atoms with Gasteiger partial charge in [-0.3, -0.25) is 4.79 Å². The van der Waals surface area contributed by atoms with Crippen LogP contribution in [0, 0.1) is 6.92 Å². The number of rotatable bonds is 3. The number of anilines is 2. The van der Waals surface area contributed by atoms with E-state index in [0.717, 1.165) is 11.1 Å². The Morgan fingerprint density at radius 1 is 1.20 bits per heavy atom. The third-order valence-corrected chi connectivity index (χ3v) is 3.76. The normalized spacial score (nSPS) is 10.3. The van der Waals surface area contributed by atoms with E-state index in [1.807, 2.05) is 25.1 Å². The van der Waals surface area contributed by atoms with Crippen LogP contribution in [0.4, 0.5) is 11.4 Å². The molecule has 1 amide bonds. The molecule has 3 N–H and O–H groups in total. The zero-order valence-electron chi connectivity index (χ0n) is 10.9. The first-order valence-electron chi connectivity index (χ1n) is 6.07. The van der Waals surface area contributed by atoms with Crippen LogP contribution in [0.3, 0.4) is 0 Å². The van der Waals surface area contributed by atoms with E-state index in [1.165, 1.54) is 0 Å². The molecule has 0 heterocycles. The molecule has 104 valence electrons. The number of nitrogens with one attached hydrogen (secondary N) is 1. The van der Waals surface area contributed by atoms with Gasteiger partial charge >= 0.3 is 0 Å². The summed E-state index contributed by atoms with van der Waals surface area (Å²) in [5.74, 6) is -0.211. The Kier molecular flexibility index (Phi) is 4.53. The minimum absolute atomic E-state index is 0.174. The average Bonchev–Trinajstić information content (AvgIpc) is 2.42. The van der Waals surface area contributed by atoms with Gasteiger partial charge in [0.05, 0.1) is 22.2 Å². The Labute approximate surface area is 127 Å². The van der Waals surface area contributed by atoms with Gasteiger partial charge in [-0.1, -0.05) is 47.5 Å². The molecule has 2 aromatic rings. The van der Waals surface area contributed by atoms with Crippen LogP contribution >= 0.6 is 23.2 Å². The van der Waals surface area contributed by atoms with Gasteiger partial charge < -0.3 is 11.1 Å². The van der Waals surface area contributed by atoms with Crippen LogP contribution in [0.2, 0.25) is 10.0 Å². The predicted octanol–water partition coefficient (Wildman–Crippen LogP) is 4.07. The van der Waals surface area contributed by atoms with Gasteiger partial charge in [-0.25, -0.2) is 0 Å². The zero-order chi connectivity index (χ0) is 14.7. The quantitative estimate of drug-likeness (QED) is 0.840. The first-order valence-corrected chi connectivity index (χ1v) is 6.82. The number of nitrogens with two attached hydrogens (primary N) is 1. The monoisotopic (exact) mass is 308 g/mol. The summed E-state index contributed by atoms with van der Waals surface area (Å²) in [6.07, 6.45) is 0.174. The zero-order valence-corrected chi connectivity index (χ0v) is 12.4. The molecule has 20 heavy (non-hydrogen) atoms. The smallest absolute Gasteiger partial charge is 0.228 e. The van der Waals surface area contributed by atoms with Crippen molar-refractivity contribution < 1.29 is 4.79 Å². The summed E-state index contributed by atoms with van der Waals surface area (Å²) in [4.78, 5) is 12.1. The molecule has 2 aromatic carbocycles. The summed E-state index contributed by atoms with van der Waals surface area (Å²) >= 11 is 12.2. The molecule has 0 atom stereocenters. The summed E-state index contributed by atoms with van der Waals surface area (Å²) in [6.45, 7) is 1.85. The summed E-state index contributed by atoms with van der Waals surface area (Å²) in [7, 11) is 0. The van der Waals surface area contributed by atoms with Crippen molar-refractivity contribution in [2.75, 3.05) is 11.1 Å². The minimum atomic E-state index is -0.211. The van der Waals surface area contributed by atoms with E-state index in [4.69, 9.17) is 28.9 Å². The van der Waals surface area contributed by atoms with E-state index >= 15 is 0 Å². The second kappa shape index (κ2) is 6.16. The fraction of sp³-hybridized carbons (Fsp3) is 0.133. The molecule has 3 nitrogen and oxygen atoms in total. The molecule has 0 unspecified atom stereocenters. The van der Waals surface area contributed by atoms with Gasteiger partial charge in [-0.05, 0) is 30.2 Å². The minimum Gasteiger partial charge on any atom is -0.398 e. The number of aryl methyl sites for hydroxylation is 1. The Bertz CT molecular complexity index is 656. The molecule has 0 radical (unpaired) electrons. The maximum Gasteiger partial charge on any atom is 0.228 e. The molecule has 0 aliphatic heterocycles. The summed E-state index contributed by atoms with van der Waals surface area (Å²) < 4.78 is 0. The highest BCUT2D eigenvalue weighted by molar-refractivity contribution is 6.40. The van der Waals surface area contributed by atoms with Crippen molar-refractivity contribution >= 4 is 40.5 Å². The molecular weight excluding hydrogens is 295 g/mol. The van der Waals surface area contributed by atoms with Crippen molar-refractivity contribution in [1.82, 2.24) is 0 Å². The lowest BCUT2D eigenvalue weighted by Gasteiger charge is -2.11. The molecule has 0 aliphatic rings. The van der Waals surface area contributed by atoms with Gasteiger partial charge in [0.2, 0.25) is 5.91 Å². The van der Waals surface area contributed by atoms with E-state index in [1.54, 1.807) is 18.2 Å². The highest BCUT2D eigenvalue weighted by Gasteiger charge is 2.13. The average molecular weight is 309 g/mol. The first kappa shape index (κ1) is 14.7. The van der Waals surface area contributed by atoms with Crippen LogP contribution in [-0.2, 0) is 11.2 Å². The molecule has 2 rings (SSSR count). The Hall–Kier alpha value is -1.71. The van der Waals surface area contributed by atoms with Crippen LogP contribution in [0.1, 0.15) is 11.1 Å². The standard InChI is InChI=1S/C15H14Cl2N2O/c1-9-6-7-11(16)15(14(9)17)19-13(20)8-10-4-2-3-5-12(10)18/h2-7H,8,18H2,1H3,(H,19,20). The van der Waals surface area contributed by atoms with Crippen molar-refractivity contribution in [3.05, 3.63) is 57.6 Å². The number of nitrogen functional groups attached to an aromatic ring is 1. The SMILES string of the molecule is Cc1ccc(Cl)c(NC(=O)Cc2ccccc2N)c1Cl. The van der Waals surface area contributed by atoms with Gasteiger partial charge in [0, 0.05) is 5.69 Å². The van der Waals surface area contributed by atoms with Gasteiger partial charge in [0.1, 0.15) is 0 Å². The van der Waals surface area contributed by atoms with E-state index < -0.39 is 0 Å². The third-order valence-electron chi connectivity index (χ3n) is 2.95. The number of amides is 1. The largest absolute Gasteiger partial charge is 0.398 e. The van der Waals surface area contributed by atoms with E-state index in [-0.39, 0.29) is 12.3 Å². The first-order chi connectivity index (χ1) is 9.49. The lowest BCUT2D eigenvalue weighted by molar-refractivity contribution is -0.115. The fourth-order valence-electron chi connectivity index (χ4n) is 1.82.